The molecule has 13 rings (SSSR count). The molecule has 2 aromatic heterocycles. The van der Waals surface area contributed by atoms with E-state index in [9.17, 15) is 0 Å². The van der Waals surface area contributed by atoms with Crippen molar-refractivity contribution in [1.82, 2.24) is 4.57 Å². The van der Waals surface area contributed by atoms with Gasteiger partial charge in [0.2, 0.25) is 0 Å². The van der Waals surface area contributed by atoms with Gasteiger partial charge in [0.1, 0.15) is 11.2 Å². The summed E-state index contributed by atoms with van der Waals surface area (Å²) < 4.78 is 9.17. The van der Waals surface area contributed by atoms with E-state index in [0.717, 1.165) is 90.9 Å². The molecule has 0 saturated heterocycles. The Labute approximate surface area is 384 Å². The minimum Gasteiger partial charge on any atom is -0.456 e. The van der Waals surface area contributed by atoms with Crippen LogP contribution in [0.5, 0.6) is 0 Å². The number of fused-ring (bicyclic) bond motifs is 8. The van der Waals surface area contributed by atoms with Gasteiger partial charge in [-0.2, -0.15) is 0 Å². The maximum atomic E-state index is 6.80. The summed E-state index contributed by atoms with van der Waals surface area (Å²) in [5.74, 6) is 0. The van der Waals surface area contributed by atoms with Crippen molar-refractivity contribution in [3.05, 3.63) is 235 Å². The molecule has 0 unspecified atom stereocenters. The zero-order chi connectivity index (χ0) is 43.9. The fourth-order valence-electron chi connectivity index (χ4n) is 11.0. The first-order chi connectivity index (χ1) is 32.5. The standard InChI is InChI=1S/C63H44N2O/c1-63(2)53-26-14-12-25-49(53)61-54(63)27-16-29-57(61)65(46-34-35-47(41-18-6-3-7-19-41)50(40-46)42-20-8-4-9-21-42)58-30-17-31-60-62(58)52-39-44(33-37-59(52)66-60)43-32-36-56-51(38-43)48-24-13-15-28-55(48)64(56)45-22-10-5-11-23-45/h3-11,13-24,26-33,36-40H,12,25H2,1-2H3. The highest BCUT2D eigenvalue weighted by Crippen LogP contribution is 2.55. The SMILES string of the molecule is CC1(C)C2=C(CCC=C2)c2c(N(c3c#cc(-c4ccccc4)c(-c4ccccc4)c3)c3cccc4oc5ccc(-c6ccc7c(c6)c6ccccc6n7-c6ccccc6)cc5c34)cccc21. The van der Waals surface area contributed by atoms with Gasteiger partial charge in [0, 0.05) is 44.0 Å². The van der Waals surface area contributed by atoms with E-state index in [1.54, 1.807) is 0 Å². The average molecular weight is 845 g/mol. The lowest BCUT2D eigenvalue weighted by Gasteiger charge is -2.29. The lowest BCUT2D eigenvalue weighted by atomic mass is 9.80. The second-order valence-electron chi connectivity index (χ2n) is 18.2. The Morgan fingerprint density at radius 2 is 1.23 bits per heavy atom. The minimum absolute atomic E-state index is 0.136. The fraction of sp³-hybridized carbons (Fsp3) is 0.0794. The number of nitrogens with zero attached hydrogens (tertiary/aromatic N) is 2. The molecule has 0 radical (unpaired) electrons. The third-order valence-electron chi connectivity index (χ3n) is 14.1. The number of aromatic nitrogens is 1. The highest BCUT2D eigenvalue weighted by atomic mass is 16.3. The smallest absolute Gasteiger partial charge is 0.137 e. The van der Waals surface area contributed by atoms with E-state index in [-0.39, 0.29) is 5.41 Å². The van der Waals surface area contributed by atoms with Crippen LogP contribution in [0.2, 0.25) is 0 Å². The summed E-state index contributed by atoms with van der Waals surface area (Å²) in [6.45, 7) is 4.76. The van der Waals surface area contributed by atoms with Crippen molar-refractivity contribution in [1.29, 1.82) is 0 Å². The largest absolute Gasteiger partial charge is 0.456 e. The molecular formula is C63H44N2O. The van der Waals surface area contributed by atoms with E-state index in [0.29, 0.717) is 0 Å². The monoisotopic (exact) mass is 844 g/mol. The van der Waals surface area contributed by atoms with Gasteiger partial charge in [-0.25, -0.2) is 0 Å². The van der Waals surface area contributed by atoms with Crippen molar-refractivity contribution >= 4 is 66.4 Å². The molecule has 0 N–H and O–H groups in total. The zero-order valence-electron chi connectivity index (χ0n) is 36.8. The second kappa shape index (κ2) is 14.9. The topological polar surface area (TPSA) is 21.3 Å². The summed E-state index contributed by atoms with van der Waals surface area (Å²) in [5.41, 5.74) is 20.3. The molecule has 0 bridgehead atoms. The molecule has 2 aliphatic carbocycles. The fourth-order valence-corrected chi connectivity index (χ4v) is 11.0. The van der Waals surface area contributed by atoms with Crippen LogP contribution < -0.4 is 4.90 Å². The zero-order valence-corrected chi connectivity index (χ0v) is 36.8. The predicted octanol–water partition coefficient (Wildman–Crippen LogP) is 17.1. The van der Waals surface area contributed by atoms with Crippen molar-refractivity contribution in [2.45, 2.75) is 32.1 Å². The first-order valence-electron chi connectivity index (χ1n) is 23.0. The highest BCUT2D eigenvalue weighted by Gasteiger charge is 2.39. The molecule has 0 fully saturated rings. The van der Waals surface area contributed by atoms with Gasteiger partial charge >= 0.3 is 0 Å². The van der Waals surface area contributed by atoms with Crippen molar-refractivity contribution < 1.29 is 4.42 Å². The van der Waals surface area contributed by atoms with Gasteiger partial charge in [0.15, 0.2) is 0 Å². The molecule has 0 spiro atoms. The second-order valence-corrected chi connectivity index (χ2v) is 18.2. The van der Waals surface area contributed by atoms with Crippen LogP contribution >= 0.6 is 0 Å². The predicted molar refractivity (Wildman–Crippen MR) is 275 cm³/mol. The lowest BCUT2D eigenvalue weighted by Crippen LogP contribution is -2.17. The summed E-state index contributed by atoms with van der Waals surface area (Å²) >= 11 is 0. The van der Waals surface area contributed by atoms with Crippen LogP contribution in [0.3, 0.4) is 0 Å². The number of furan rings is 1. The molecule has 312 valence electrons. The van der Waals surface area contributed by atoms with Crippen LogP contribution in [0.15, 0.2) is 216 Å². The molecule has 66 heavy (non-hydrogen) atoms. The van der Waals surface area contributed by atoms with Gasteiger partial charge in [-0.3, -0.25) is 0 Å². The normalized spacial score (nSPS) is 14.0. The van der Waals surface area contributed by atoms with E-state index >= 15 is 0 Å². The minimum atomic E-state index is -0.136. The van der Waals surface area contributed by atoms with E-state index in [2.05, 4.69) is 242 Å². The van der Waals surface area contributed by atoms with Crippen LogP contribution in [-0.4, -0.2) is 4.57 Å². The summed E-state index contributed by atoms with van der Waals surface area (Å²) in [6.07, 6.45) is 6.74. The van der Waals surface area contributed by atoms with Gasteiger partial charge in [-0.15, -0.1) is 0 Å². The van der Waals surface area contributed by atoms with Crippen LogP contribution in [-0.2, 0) is 5.41 Å². The number of anilines is 3. The molecule has 2 heterocycles. The number of benzene rings is 8. The third kappa shape index (κ3) is 5.85. The number of para-hydroxylation sites is 2. The first kappa shape index (κ1) is 38.2. The van der Waals surface area contributed by atoms with Crippen LogP contribution in [0, 0.1) is 12.1 Å². The quantitative estimate of drug-likeness (QED) is 0.159. The van der Waals surface area contributed by atoms with Gasteiger partial charge in [0.25, 0.3) is 0 Å². The highest BCUT2D eigenvalue weighted by molar-refractivity contribution is 6.15. The van der Waals surface area contributed by atoms with Crippen molar-refractivity contribution in [3.63, 3.8) is 0 Å². The van der Waals surface area contributed by atoms with Gasteiger partial charge in [-0.05, 0) is 125 Å². The number of allylic oxidation sites excluding steroid dienone is 4. The van der Waals surface area contributed by atoms with Gasteiger partial charge in [0.05, 0.1) is 33.5 Å². The molecule has 2 aliphatic rings. The van der Waals surface area contributed by atoms with Crippen molar-refractivity contribution in [3.8, 4) is 39.1 Å². The van der Waals surface area contributed by atoms with Gasteiger partial charge < -0.3 is 13.9 Å². The molecule has 0 saturated carbocycles. The lowest BCUT2D eigenvalue weighted by molar-refractivity contribution is 0.651. The molecule has 11 aromatic rings. The van der Waals surface area contributed by atoms with Crippen LogP contribution in [0.25, 0.3) is 88.4 Å². The molecule has 9 aromatic carbocycles. The van der Waals surface area contributed by atoms with Crippen molar-refractivity contribution in [2.24, 2.45) is 0 Å². The van der Waals surface area contributed by atoms with E-state index in [1.165, 1.54) is 44.1 Å². The average Bonchev–Trinajstić information content (AvgIpc) is 4.00. The molecule has 3 heteroatoms. The number of hydrogen-bond acceptors (Lipinski definition) is 2. The van der Waals surface area contributed by atoms with Crippen molar-refractivity contribution in [2.75, 3.05) is 4.90 Å². The molecule has 0 amide bonds. The Morgan fingerprint density at radius 1 is 0.545 bits per heavy atom. The van der Waals surface area contributed by atoms with Crippen LogP contribution in [0.4, 0.5) is 17.1 Å². The Morgan fingerprint density at radius 3 is 2.05 bits per heavy atom. The van der Waals surface area contributed by atoms with E-state index < -0.39 is 0 Å². The van der Waals surface area contributed by atoms with Gasteiger partial charge in [-0.1, -0.05) is 159 Å². The maximum absolute atomic E-state index is 6.80. The van der Waals surface area contributed by atoms with E-state index in [1.807, 2.05) is 0 Å². The number of hydrogen-bond donors (Lipinski definition) is 0. The Hall–Kier alpha value is -8.32. The Bertz CT molecular complexity index is 3770. The first-order valence-corrected chi connectivity index (χ1v) is 23.0. The van der Waals surface area contributed by atoms with E-state index in [4.69, 9.17) is 4.42 Å². The Balaban J connectivity index is 1.05. The molecule has 0 atom stereocenters. The molecule has 3 nitrogen and oxygen atoms in total. The molecular weight excluding hydrogens is 801 g/mol. The summed E-state index contributed by atoms with van der Waals surface area (Å²) in [6, 6.07) is 77.4. The summed E-state index contributed by atoms with van der Waals surface area (Å²) in [5, 5.41) is 4.59. The number of rotatable bonds is 7. The summed E-state index contributed by atoms with van der Waals surface area (Å²) in [7, 11) is 0. The maximum Gasteiger partial charge on any atom is 0.137 e. The summed E-state index contributed by atoms with van der Waals surface area (Å²) in [4.78, 5) is 2.44. The third-order valence-corrected chi connectivity index (χ3v) is 14.1. The van der Waals surface area contributed by atoms with Crippen LogP contribution in [0.1, 0.15) is 37.8 Å². The Kier molecular flexibility index (Phi) is 8.60. The molecule has 0 aliphatic heterocycles.